The maximum Gasteiger partial charge on any atom is 0.317 e. The molecule has 0 spiro atoms. The fraction of sp³-hybridized carbons (Fsp3) is 0.571. The van der Waals surface area contributed by atoms with E-state index in [4.69, 9.17) is 5.11 Å². The van der Waals surface area contributed by atoms with Gasteiger partial charge in [-0.2, -0.15) is 0 Å². The van der Waals surface area contributed by atoms with E-state index in [-0.39, 0.29) is 24.5 Å². The minimum absolute atomic E-state index is 0.0621. The largest absolute Gasteiger partial charge is 0.480 e. The van der Waals surface area contributed by atoms with Gasteiger partial charge in [0.1, 0.15) is 5.69 Å². The van der Waals surface area contributed by atoms with Gasteiger partial charge in [0.2, 0.25) is 0 Å². The molecule has 0 saturated heterocycles. The van der Waals surface area contributed by atoms with Crippen molar-refractivity contribution in [2.45, 2.75) is 31.8 Å². The summed E-state index contributed by atoms with van der Waals surface area (Å²) in [5.74, 6) is -0.897. The fourth-order valence-electron chi connectivity index (χ4n) is 2.69. The first-order chi connectivity index (χ1) is 9.90. The molecular formula is C14H20BrN3O3. The number of carboxylic acid groups (broad SMARTS) is 1. The molecule has 0 radical (unpaired) electrons. The van der Waals surface area contributed by atoms with Gasteiger partial charge in [0.05, 0.1) is 6.54 Å². The second-order valence-corrected chi connectivity index (χ2v) is 6.32. The number of carbonyl (C=O) groups is 2. The highest BCUT2D eigenvalue weighted by Gasteiger charge is 2.35. The van der Waals surface area contributed by atoms with Crippen LogP contribution in [-0.4, -0.2) is 51.6 Å². The molecule has 2 rings (SSSR count). The second-order valence-electron chi connectivity index (χ2n) is 5.41. The van der Waals surface area contributed by atoms with E-state index < -0.39 is 5.97 Å². The van der Waals surface area contributed by atoms with Crippen LogP contribution in [0.25, 0.3) is 0 Å². The molecule has 1 aliphatic carbocycles. The Kier molecular flexibility index (Phi) is 5.05. The highest BCUT2D eigenvalue weighted by atomic mass is 79.9. The molecule has 21 heavy (non-hydrogen) atoms. The van der Waals surface area contributed by atoms with Crippen LogP contribution in [0.2, 0.25) is 0 Å². The van der Waals surface area contributed by atoms with Crippen LogP contribution in [0.4, 0.5) is 0 Å². The summed E-state index contributed by atoms with van der Waals surface area (Å²) in [7, 11) is 1.83. The zero-order valence-corrected chi connectivity index (χ0v) is 13.8. The maximum atomic E-state index is 12.1. The number of hydrogen-bond acceptors (Lipinski definition) is 3. The third kappa shape index (κ3) is 3.85. The lowest BCUT2D eigenvalue weighted by molar-refractivity contribution is -0.139. The van der Waals surface area contributed by atoms with Gasteiger partial charge >= 0.3 is 5.97 Å². The van der Waals surface area contributed by atoms with E-state index in [9.17, 15) is 9.59 Å². The van der Waals surface area contributed by atoms with Crippen LogP contribution in [0.15, 0.2) is 16.7 Å². The van der Waals surface area contributed by atoms with Gasteiger partial charge in [-0.05, 0) is 41.4 Å². The molecule has 0 aliphatic heterocycles. The molecule has 0 aromatic carbocycles. The molecule has 0 unspecified atom stereocenters. The van der Waals surface area contributed by atoms with Crippen molar-refractivity contribution in [1.82, 2.24) is 14.8 Å². The quantitative estimate of drug-likeness (QED) is 0.807. The molecule has 116 valence electrons. The van der Waals surface area contributed by atoms with E-state index in [1.165, 1.54) is 0 Å². The van der Waals surface area contributed by atoms with Gasteiger partial charge in [0, 0.05) is 29.8 Å². The molecule has 0 bridgehead atoms. The van der Waals surface area contributed by atoms with Crippen LogP contribution in [-0.2, 0) is 11.8 Å². The molecular weight excluding hydrogens is 338 g/mol. The van der Waals surface area contributed by atoms with E-state index in [1.54, 1.807) is 10.6 Å². The van der Waals surface area contributed by atoms with Crippen LogP contribution < -0.4 is 5.32 Å². The topological polar surface area (TPSA) is 74.6 Å². The molecule has 1 saturated carbocycles. The lowest BCUT2D eigenvalue weighted by Gasteiger charge is -2.42. The van der Waals surface area contributed by atoms with Gasteiger partial charge in [-0.1, -0.05) is 6.92 Å². The van der Waals surface area contributed by atoms with E-state index in [0.717, 1.165) is 17.3 Å². The summed E-state index contributed by atoms with van der Waals surface area (Å²) in [5, 5.41) is 11.9. The Hall–Kier alpha value is -1.34. The number of nitrogens with zero attached hydrogens (tertiary/aromatic N) is 2. The van der Waals surface area contributed by atoms with Gasteiger partial charge in [0.25, 0.3) is 5.91 Å². The minimum atomic E-state index is -0.807. The Morgan fingerprint density at radius 3 is 2.67 bits per heavy atom. The molecule has 1 aromatic heterocycles. The van der Waals surface area contributed by atoms with Gasteiger partial charge in [-0.25, -0.2) is 0 Å². The Morgan fingerprint density at radius 2 is 2.19 bits per heavy atom. The van der Waals surface area contributed by atoms with Crippen LogP contribution in [0, 0.1) is 0 Å². The number of aromatic nitrogens is 1. The Bertz CT molecular complexity index is 538. The Labute approximate surface area is 132 Å². The number of nitrogens with one attached hydrogen (secondary N) is 1. The number of carbonyl (C=O) groups excluding carboxylic acids is 1. The summed E-state index contributed by atoms with van der Waals surface area (Å²) in [6.07, 6.45) is 3.45. The smallest absolute Gasteiger partial charge is 0.317 e. The lowest BCUT2D eigenvalue weighted by atomic mass is 9.85. The second kappa shape index (κ2) is 6.62. The van der Waals surface area contributed by atoms with Gasteiger partial charge in [0.15, 0.2) is 0 Å². The number of aryl methyl sites for hydroxylation is 1. The van der Waals surface area contributed by atoms with E-state index in [1.807, 2.05) is 25.1 Å². The SMILES string of the molecule is CCN(CC(=O)O)C1CC(NC(=O)c2cc(Br)cn2C)C1. The first-order valence-corrected chi connectivity index (χ1v) is 7.78. The molecule has 1 amide bonds. The summed E-state index contributed by atoms with van der Waals surface area (Å²) < 4.78 is 2.65. The molecule has 1 aromatic rings. The van der Waals surface area contributed by atoms with E-state index >= 15 is 0 Å². The Morgan fingerprint density at radius 1 is 1.52 bits per heavy atom. The molecule has 6 nitrogen and oxygen atoms in total. The molecule has 1 heterocycles. The van der Waals surface area contributed by atoms with Gasteiger partial charge < -0.3 is 15.0 Å². The van der Waals surface area contributed by atoms with Crippen molar-refractivity contribution in [2.75, 3.05) is 13.1 Å². The molecule has 7 heteroatoms. The van der Waals surface area contributed by atoms with Crippen LogP contribution in [0.3, 0.4) is 0 Å². The van der Waals surface area contributed by atoms with Gasteiger partial charge in [-0.3, -0.25) is 14.5 Å². The van der Waals surface area contributed by atoms with Crippen molar-refractivity contribution in [3.63, 3.8) is 0 Å². The van der Waals surface area contributed by atoms with Crippen LogP contribution in [0.1, 0.15) is 30.3 Å². The number of likely N-dealkylation sites (N-methyl/N-ethyl adjacent to an activating group) is 1. The van der Waals surface area contributed by atoms with Crippen molar-refractivity contribution < 1.29 is 14.7 Å². The number of halogens is 1. The molecule has 1 fully saturated rings. The summed E-state index contributed by atoms with van der Waals surface area (Å²) in [6, 6.07) is 2.16. The zero-order valence-electron chi connectivity index (χ0n) is 12.2. The maximum absolute atomic E-state index is 12.1. The van der Waals surface area contributed by atoms with Crippen molar-refractivity contribution in [3.05, 3.63) is 22.4 Å². The first kappa shape index (κ1) is 16.0. The first-order valence-electron chi connectivity index (χ1n) is 6.99. The Balaban J connectivity index is 1.83. The number of carboxylic acids is 1. The molecule has 1 aliphatic rings. The van der Waals surface area contributed by atoms with Crippen LogP contribution >= 0.6 is 15.9 Å². The predicted octanol–water partition coefficient (Wildman–Crippen LogP) is 1.45. The highest BCUT2D eigenvalue weighted by molar-refractivity contribution is 9.10. The highest BCUT2D eigenvalue weighted by Crippen LogP contribution is 2.26. The number of amides is 1. The van der Waals surface area contributed by atoms with Crippen molar-refractivity contribution >= 4 is 27.8 Å². The fourth-order valence-corrected chi connectivity index (χ4v) is 3.21. The summed E-state index contributed by atoms with van der Waals surface area (Å²) in [6.45, 7) is 2.73. The van der Waals surface area contributed by atoms with Crippen molar-refractivity contribution in [1.29, 1.82) is 0 Å². The van der Waals surface area contributed by atoms with Crippen molar-refractivity contribution in [2.24, 2.45) is 7.05 Å². The third-order valence-corrected chi connectivity index (χ3v) is 4.35. The average Bonchev–Trinajstić information content (AvgIpc) is 2.69. The monoisotopic (exact) mass is 357 g/mol. The summed E-state index contributed by atoms with van der Waals surface area (Å²) in [5.41, 5.74) is 0.614. The molecule has 0 atom stereocenters. The average molecular weight is 358 g/mol. The third-order valence-electron chi connectivity index (χ3n) is 3.91. The summed E-state index contributed by atoms with van der Waals surface area (Å²) in [4.78, 5) is 24.9. The lowest BCUT2D eigenvalue weighted by Crippen LogP contribution is -2.54. The number of aliphatic carboxylic acids is 1. The number of rotatable bonds is 6. The standard InChI is InChI=1S/C14H20BrN3O3/c1-3-18(8-13(19)20)11-5-10(6-11)16-14(21)12-4-9(15)7-17(12)2/h4,7,10-11H,3,5-6,8H2,1-2H3,(H,16,21)(H,19,20). The molecule has 2 N–H and O–H groups in total. The van der Waals surface area contributed by atoms with Crippen LogP contribution in [0.5, 0.6) is 0 Å². The van der Waals surface area contributed by atoms with Gasteiger partial charge in [-0.15, -0.1) is 0 Å². The normalized spacial score (nSPS) is 21.1. The number of hydrogen-bond donors (Lipinski definition) is 2. The zero-order chi connectivity index (χ0) is 15.6. The van der Waals surface area contributed by atoms with E-state index in [0.29, 0.717) is 12.2 Å². The predicted molar refractivity (Wildman–Crippen MR) is 82.3 cm³/mol. The minimum Gasteiger partial charge on any atom is -0.480 e. The summed E-state index contributed by atoms with van der Waals surface area (Å²) >= 11 is 3.35. The van der Waals surface area contributed by atoms with Crippen molar-refractivity contribution in [3.8, 4) is 0 Å². The van der Waals surface area contributed by atoms with E-state index in [2.05, 4.69) is 21.2 Å².